The van der Waals surface area contributed by atoms with Crippen molar-refractivity contribution in [2.75, 3.05) is 42.5 Å². The lowest BCUT2D eigenvalue weighted by Gasteiger charge is -2.31. The minimum absolute atomic E-state index is 0.224. The van der Waals surface area contributed by atoms with Crippen LogP contribution < -0.4 is 15.1 Å². The largest absolute Gasteiger partial charge is 0.369 e. The molecule has 2 heterocycles. The Hall–Kier alpha value is -2.07. The summed E-state index contributed by atoms with van der Waals surface area (Å²) in [6, 6.07) is 6.35. The summed E-state index contributed by atoms with van der Waals surface area (Å²) >= 11 is 0. The molecule has 4 heteroatoms. The first-order valence-electron chi connectivity index (χ1n) is 8.56. The molecular formula is C19H23N3O. The topological polar surface area (TPSA) is 35.6 Å². The van der Waals surface area contributed by atoms with Crippen LogP contribution in [0.25, 0.3) is 0 Å². The third kappa shape index (κ3) is 2.79. The highest BCUT2D eigenvalue weighted by Crippen LogP contribution is 2.37. The standard InChI is InChI=1S/C19H23N3O/c23-19-13-16-17(21-11-9-20-10-12-21)7-4-8-18(16)22(19)14-15-5-2-1-3-6-15/h2,4-8,20H,1,3,9-14H2. The second-order valence-electron chi connectivity index (χ2n) is 6.43. The number of carbonyl (C=O) groups excluding carboxylic acids is 1. The van der Waals surface area contributed by atoms with E-state index in [1.807, 2.05) is 4.90 Å². The average Bonchev–Trinajstić information content (AvgIpc) is 2.92. The fraction of sp³-hybridized carbons (Fsp3) is 0.421. The van der Waals surface area contributed by atoms with Crippen LogP contribution in [0.5, 0.6) is 0 Å². The van der Waals surface area contributed by atoms with Gasteiger partial charge in [-0.1, -0.05) is 24.3 Å². The number of nitrogens with zero attached hydrogens (tertiary/aromatic N) is 2. The number of hydrogen-bond acceptors (Lipinski definition) is 3. The molecule has 0 atom stereocenters. The number of allylic oxidation sites excluding steroid dienone is 2. The average molecular weight is 309 g/mol. The summed E-state index contributed by atoms with van der Waals surface area (Å²) in [7, 11) is 0. The molecule has 0 spiro atoms. The van der Waals surface area contributed by atoms with Crippen LogP contribution in [0.3, 0.4) is 0 Å². The Morgan fingerprint density at radius 1 is 1.09 bits per heavy atom. The van der Waals surface area contributed by atoms with Crippen molar-refractivity contribution in [3.8, 4) is 0 Å². The number of nitrogens with one attached hydrogen (secondary N) is 1. The lowest BCUT2D eigenvalue weighted by molar-refractivity contribution is -0.117. The van der Waals surface area contributed by atoms with Crippen molar-refractivity contribution < 1.29 is 4.79 Å². The normalized spacial score (nSPS) is 20.7. The van der Waals surface area contributed by atoms with E-state index in [0.29, 0.717) is 13.0 Å². The Bertz CT molecular complexity index is 671. The molecule has 23 heavy (non-hydrogen) atoms. The highest BCUT2D eigenvalue weighted by molar-refractivity contribution is 6.03. The molecule has 4 rings (SSSR count). The fourth-order valence-electron chi connectivity index (χ4n) is 3.72. The molecular weight excluding hydrogens is 286 g/mol. The molecule has 3 aliphatic rings. The van der Waals surface area contributed by atoms with Crippen LogP contribution in [0.15, 0.2) is 42.0 Å². The summed E-state index contributed by atoms with van der Waals surface area (Å²) in [5.41, 5.74) is 4.81. The van der Waals surface area contributed by atoms with E-state index in [4.69, 9.17) is 0 Å². The second-order valence-corrected chi connectivity index (χ2v) is 6.43. The molecule has 1 aromatic rings. The SMILES string of the molecule is O=C1Cc2c(N3CCNCC3)cccc2N1CC1=CCCC=C1. The molecule has 1 aliphatic carbocycles. The van der Waals surface area contributed by atoms with Crippen LogP contribution in [0, 0.1) is 0 Å². The third-order valence-corrected chi connectivity index (χ3v) is 4.92. The number of piperazine rings is 1. The summed E-state index contributed by atoms with van der Waals surface area (Å²) in [6.07, 6.45) is 9.35. The van der Waals surface area contributed by atoms with Crippen molar-refractivity contribution in [3.63, 3.8) is 0 Å². The summed E-state index contributed by atoms with van der Waals surface area (Å²) < 4.78 is 0. The van der Waals surface area contributed by atoms with E-state index in [1.165, 1.54) is 16.8 Å². The van der Waals surface area contributed by atoms with Crippen molar-refractivity contribution in [1.82, 2.24) is 5.32 Å². The molecule has 120 valence electrons. The van der Waals surface area contributed by atoms with Gasteiger partial charge in [-0.15, -0.1) is 0 Å². The van der Waals surface area contributed by atoms with Gasteiger partial charge in [-0.05, 0) is 30.5 Å². The maximum Gasteiger partial charge on any atom is 0.231 e. The molecule has 1 aromatic carbocycles. The molecule has 4 nitrogen and oxygen atoms in total. The van der Waals surface area contributed by atoms with E-state index in [1.54, 1.807) is 0 Å². The van der Waals surface area contributed by atoms with Gasteiger partial charge in [0.25, 0.3) is 0 Å². The molecule has 0 radical (unpaired) electrons. The maximum atomic E-state index is 12.6. The van der Waals surface area contributed by atoms with Crippen molar-refractivity contribution in [3.05, 3.63) is 47.6 Å². The Balaban J connectivity index is 1.62. The molecule has 1 amide bonds. The molecule has 0 unspecified atom stereocenters. The minimum atomic E-state index is 0.224. The van der Waals surface area contributed by atoms with Gasteiger partial charge in [0.1, 0.15) is 0 Å². The van der Waals surface area contributed by atoms with Crippen molar-refractivity contribution in [1.29, 1.82) is 0 Å². The first kappa shape index (κ1) is 14.5. The van der Waals surface area contributed by atoms with E-state index in [9.17, 15) is 4.79 Å². The van der Waals surface area contributed by atoms with Gasteiger partial charge in [0.2, 0.25) is 5.91 Å². The second kappa shape index (κ2) is 6.20. The zero-order chi connectivity index (χ0) is 15.6. The zero-order valence-electron chi connectivity index (χ0n) is 13.4. The number of rotatable bonds is 3. The van der Waals surface area contributed by atoms with E-state index in [-0.39, 0.29) is 5.91 Å². The number of carbonyl (C=O) groups is 1. The number of anilines is 2. The summed E-state index contributed by atoms with van der Waals surface area (Å²) in [5, 5.41) is 3.39. The van der Waals surface area contributed by atoms with Crippen LogP contribution in [0.2, 0.25) is 0 Å². The Kier molecular flexibility index (Phi) is 3.92. The fourth-order valence-corrected chi connectivity index (χ4v) is 3.72. The molecule has 2 aliphatic heterocycles. The van der Waals surface area contributed by atoms with E-state index < -0.39 is 0 Å². The van der Waals surface area contributed by atoms with Gasteiger partial charge in [0.05, 0.1) is 13.0 Å². The number of hydrogen-bond donors (Lipinski definition) is 1. The van der Waals surface area contributed by atoms with Gasteiger partial charge in [-0.2, -0.15) is 0 Å². The van der Waals surface area contributed by atoms with Crippen LogP contribution >= 0.6 is 0 Å². The first-order valence-corrected chi connectivity index (χ1v) is 8.56. The molecule has 1 saturated heterocycles. The highest BCUT2D eigenvalue weighted by Gasteiger charge is 2.31. The van der Waals surface area contributed by atoms with Gasteiger partial charge in [0.15, 0.2) is 0 Å². The van der Waals surface area contributed by atoms with Gasteiger partial charge in [0, 0.05) is 43.1 Å². The van der Waals surface area contributed by atoms with Crippen molar-refractivity contribution in [2.45, 2.75) is 19.3 Å². The Labute approximate surface area is 137 Å². The maximum absolute atomic E-state index is 12.6. The van der Waals surface area contributed by atoms with Crippen LogP contribution in [0.4, 0.5) is 11.4 Å². The molecule has 1 N–H and O–H groups in total. The smallest absolute Gasteiger partial charge is 0.231 e. The number of benzene rings is 1. The monoisotopic (exact) mass is 309 g/mol. The van der Waals surface area contributed by atoms with Gasteiger partial charge >= 0.3 is 0 Å². The van der Waals surface area contributed by atoms with Gasteiger partial charge < -0.3 is 15.1 Å². The van der Waals surface area contributed by atoms with Crippen molar-refractivity contribution in [2.24, 2.45) is 0 Å². The number of fused-ring (bicyclic) bond motifs is 1. The molecule has 0 bridgehead atoms. The van der Waals surface area contributed by atoms with Crippen LogP contribution in [-0.4, -0.2) is 38.6 Å². The van der Waals surface area contributed by atoms with Crippen LogP contribution in [-0.2, 0) is 11.2 Å². The van der Waals surface area contributed by atoms with Crippen molar-refractivity contribution >= 4 is 17.3 Å². The van der Waals surface area contributed by atoms with E-state index in [2.05, 4.69) is 46.6 Å². The quantitative estimate of drug-likeness (QED) is 0.930. The predicted molar refractivity (Wildman–Crippen MR) is 94.0 cm³/mol. The van der Waals surface area contributed by atoms with Gasteiger partial charge in [-0.25, -0.2) is 0 Å². The van der Waals surface area contributed by atoms with E-state index in [0.717, 1.165) is 44.7 Å². The Morgan fingerprint density at radius 2 is 1.91 bits per heavy atom. The van der Waals surface area contributed by atoms with E-state index >= 15 is 0 Å². The van der Waals surface area contributed by atoms with Gasteiger partial charge in [-0.3, -0.25) is 4.79 Å². The predicted octanol–water partition coefficient (Wildman–Crippen LogP) is 2.26. The zero-order valence-corrected chi connectivity index (χ0v) is 13.4. The number of amides is 1. The summed E-state index contributed by atoms with van der Waals surface area (Å²) in [5.74, 6) is 0.224. The first-order chi connectivity index (χ1) is 11.3. The molecule has 1 fully saturated rings. The summed E-state index contributed by atoms with van der Waals surface area (Å²) in [6.45, 7) is 4.75. The molecule has 0 aromatic heterocycles. The summed E-state index contributed by atoms with van der Waals surface area (Å²) in [4.78, 5) is 17.0. The minimum Gasteiger partial charge on any atom is -0.369 e. The van der Waals surface area contributed by atoms with Crippen LogP contribution in [0.1, 0.15) is 18.4 Å². The molecule has 0 saturated carbocycles. The lowest BCUT2D eigenvalue weighted by atomic mass is 10.1. The lowest BCUT2D eigenvalue weighted by Crippen LogP contribution is -2.43. The highest BCUT2D eigenvalue weighted by atomic mass is 16.2. The Morgan fingerprint density at radius 3 is 2.70 bits per heavy atom. The third-order valence-electron chi connectivity index (χ3n) is 4.92.